The van der Waals surface area contributed by atoms with E-state index in [0.717, 1.165) is 0 Å². The van der Waals surface area contributed by atoms with E-state index in [9.17, 15) is 0 Å². The van der Waals surface area contributed by atoms with Crippen LogP contribution < -0.4 is 31.8 Å². The van der Waals surface area contributed by atoms with E-state index in [4.69, 9.17) is 4.79 Å². The van der Waals surface area contributed by atoms with Gasteiger partial charge in [-0.1, -0.05) is 146 Å². The molecule has 6 rings (SSSR count). The molecule has 0 saturated carbocycles. The second-order valence-corrected chi connectivity index (χ2v) is 13.5. The monoisotopic (exact) mass is 693 g/mol. The van der Waals surface area contributed by atoms with Crippen molar-refractivity contribution in [1.29, 1.82) is 0 Å². The third kappa shape index (κ3) is 9.94. The van der Waals surface area contributed by atoms with Crippen LogP contribution >= 0.6 is 28.3 Å². The first-order valence-corrected chi connectivity index (χ1v) is 16.0. The van der Waals surface area contributed by atoms with E-state index in [2.05, 4.69) is 189 Å². The van der Waals surface area contributed by atoms with Gasteiger partial charge in [-0.05, 0) is 60.2 Å². The van der Waals surface area contributed by atoms with Crippen LogP contribution in [0.15, 0.2) is 182 Å². The molecule has 0 saturated heterocycles. The van der Waals surface area contributed by atoms with Crippen molar-refractivity contribution >= 4 is 66.9 Å². The van der Waals surface area contributed by atoms with Crippen LogP contribution in [0.1, 0.15) is 0 Å². The van der Waals surface area contributed by atoms with Gasteiger partial charge < -0.3 is 0 Å². The minimum Gasteiger partial charge on any atom is -0.295 e. The summed E-state index contributed by atoms with van der Waals surface area (Å²) in [6.45, 7) is 3.25. The summed E-state index contributed by atoms with van der Waals surface area (Å²) in [4.78, 5) is 7.75. The van der Waals surface area contributed by atoms with Gasteiger partial charge in [-0.25, -0.2) is 0 Å². The number of hydrogen-bond acceptors (Lipinski definition) is 1. The Morgan fingerprint density at radius 2 is 0.548 bits per heavy atom. The molecule has 0 unspecified atom stereocenters. The summed E-state index contributed by atoms with van der Waals surface area (Å²) in [7, 11) is -1.32. The number of hydrogen-bond donors (Lipinski definition) is 0. The van der Waals surface area contributed by atoms with Gasteiger partial charge in [0, 0.05) is 19.5 Å². The van der Waals surface area contributed by atoms with E-state index in [1.807, 2.05) is 0 Å². The van der Waals surface area contributed by atoms with E-state index in [-0.39, 0.29) is 31.9 Å². The minimum absolute atomic E-state index is 0. The fourth-order valence-electron chi connectivity index (χ4n) is 4.49. The van der Waals surface area contributed by atoms with Gasteiger partial charge >= 0.3 is 0 Å². The Balaban J connectivity index is 0.000000265. The predicted molar refractivity (Wildman–Crippen MR) is 186 cm³/mol. The quantitative estimate of drug-likeness (QED) is 0.107. The van der Waals surface area contributed by atoms with Crippen molar-refractivity contribution in [2.24, 2.45) is 0 Å². The van der Waals surface area contributed by atoms with E-state index in [0.29, 0.717) is 0 Å². The summed E-state index contributed by atoms with van der Waals surface area (Å²) < 4.78 is 0. The van der Waals surface area contributed by atoms with Crippen molar-refractivity contribution in [2.75, 3.05) is 0 Å². The second-order valence-electron chi connectivity index (χ2n) is 8.82. The maximum absolute atomic E-state index is 7.75. The number of halogens is 1. The van der Waals surface area contributed by atoms with Crippen molar-refractivity contribution in [1.82, 2.24) is 0 Å². The first kappa shape index (κ1) is 35.0. The molecule has 0 atom stereocenters. The van der Waals surface area contributed by atoms with Crippen LogP contribution in [0.25, 0.3) is 0 Å². The fourth-order valence-corrected chi connectivity index (χ4v) is 9.38. The summed E-state index contributed by atoms with van der Waals surface area (Å²) >= 11 is 0. The first-order valence-electron chi connectivity index (χ1n) is 13.1. The standard InChI is InChI=1S/2C18H15P.CHO.ClH.Rh/c2*1-4-10-16(11-5-1)19(17-12-6-2-7-13-17)18-14-8-3-9-15-18;1-2;;/h2*1-15H;1H;1H;/p+1. The zero-order valence-electron chi connectivity index (χ0n) is 23.0. The van der Waals surface area contributed by atoms with E-state index in [1.165, 1.54) is 31.8 Å². The Morgan fingerprint density at radius 3 is 0.762 bits per heavy atom. The molecule has 0 fully saturated rings. The molecule has 6 aromatic rings. The van der Waals surface area contributed by atoms with Gasteiger partial charge in [-0.3, -0.25) is 4.79 Å². The van der Waals surface area contributed by atoms with Crippen LogP contribution in [-0.4, -0.2) is 6.79 Å². The van der Waals surface area contributed by atoms with Crippen LogP contribution in [-0.2, 0) is 24.3 Å². The summed E-state index contributed by atoms with van der Waals surface area (Å²) in [5.41, 5.74) is 0. The molecular formula is C37H33ClOP2Rh+. The van der Waals surface area contributed by atoms with E-state index >= 15 is 0 Å². The Labute approximate surface area is 271 Å². The van der Waals surface area contributed by atoms with Crippen LogP contribution in [0, 0.1) is 0 Å². The van der Waals surface area contributed by atoms with Crippen molar-refractivity contribution in [3.63, 3.8) is 0 Å². The summed E-state index contributed by atoms with van der Waals surface area (Å²) in [5.74, 6) is 0. The molecule has 0 spiro atoms. The van der Waals surface area contributed by atoms with Gasteiger partial charge in [0.1, 0.15) is 15.9 Å². The molecule has 42 heavy (non-hydrogen) atoms. The van der Waals surface area contributed by atoms with Crippen LogP contribution in [0.2, 0.25) is 0 Å². The minimum atomic E-state index is -0.877. The zero-order chi connectivity index (χ0) is 27.8. The fraction of sp³-hybridized carbons (Fsp3) is 0. The average molecular weight is 694 g/mol. The third-order valence-corrected chi connectivity index (χ3v) is 11.4. The van der Waals surface area contributed by atoms with E-state index in [1.54, 1.807) is 0 Å². The molecule has 0 aromatic heterocycles. The molecular weight excluding hydrogens is 661 g/mol. The molecule has 0 aliphatic rings. The molecule has 212 valence electrons. The van der Waals surface area contributed by atoms with Crippen LogP contribution in [0.4, 0.5) is 0 Å². The first-order chi connectivity index (χ1) is 19.9. The molecule has 0 bridgehead atoms. The third-order valence-electron chi connectivity index (χ3n) is 6.23. The Bertz CT molecular complexity index is 1200. The largest absolute Gasteiger partial charge is 0.295 e. The molecule has 6 aromatic carbocycles. The molecule has 1 nitrogen and oxygen atoms in total. The molecule has 0 heterocycles. The predicted octanol–water partition coefficient (Wildman–Crippen LogP) is 6.77. The Kier molecular flexibility index (Phi) is 16.5. The topological polar surface area (TPSA) is 17.1 Å². The van der Waals surface area contributed by atoms with Crippen molar-refractivity contribution < 1.29 is 24.3 Å². The van der Waals surface area contributed by atoms with Gasteiger partial charge in [0.25, 0.3) is 0 Å². The number of benzene rings is 6. The number of carbonyl (C=O) groups excluding carboxylic acids is 1. The van der Waals surface area contributed by atoms with Crippen molar-refractivity contribution in [2.45, 2.75) is 0 Å². The van der Waals surface area contributed by atoms with E-state index < -0.39 is 15.8 Å². The average Bonchev–Trinajstić information content (AvgIpc) is 3.06. The summed E-state index contributed by atoms with van der Waals surface area (Å²) in [6, 6.07) is 64.8. The van der Waals surface area contributed by atoms with Gasteiger partial charge in [0.2, 0.25) is 0 Å². The smallest absolute Gasteiger partial charge is 0.182 e. The maximum Gasteiger partial charge on any atom is 0.182 e. The summed E-state index contributed by atoms with van der Waals surface area (Å²) in [5, 5.41) is 8.50. The molecule has 0 aliphatic carbocycles. The normalized spacial score (nSPS) is 9.67. The van der Waals surface area contributed by atoms with Crippen molar-refractivity contribution in [3.05, 3.63) is 182 Å². The molecule has 0 aliphatic heterocycles. The summed E-state index contributed by atoms with van der Waals surface area (Å²) in [6.07, 6.45) is 0. The molecule has 0 N–H and O–H groups in total. The van der Waals surface area contributed by atoms with Gasteiger partial charge in [0.15, 0.2) is 6.79 Å². The Morgan fingerprint density at radius 1 is 0.357 bits per heavy atom. The van der Waals surface area contributed by atoms with Crippen LogP contribution in [0.3, 0.4) is 0 Å². The van der Waals surface area contributed by atoms with Gasteiger partial charge in [0.05, 0.1) is 7.92 Å². The van der Waals surface area contributed by atoms with Crippen molar-refractivity contribution in [3.8, 4) is 0 Å². The number of rotatable bonds is 6. The molecule has 5 heteroatoms. The molecule has 2 radical (unpaired) electrons. The SMILES string of the molecule is Cl.[CH]=O.[Rh].c1ccc(P(c2ccccc2)c2ccccc2)cc1.c1ccc([PH+](c2ccccc2)c2ccccc2)cc1. The van der Waals surface area contributed by atoms with Gasteiger partial charge in [-0.2, -0.15) is 0 Å². The molecule has 0 amide bonds. The zero-order valence-corrected chi connectivity index (χ0v) is 27.3. The maximum atomic E-state index is 7.75. The van der Waals surface area contributed by atoms with Crippen LogP contribution in [0.5, 0.6) is 0 Å². The Hall–Kier alpha value is -3.24. The van der Waals surface area contributed by atoms with Gasteiger partial charge in [-0.15, -0.1) is 12.4 Å². The second kappa shape index (κ2) is 19.8.